The van der Waals surface area contributed by atoms with E-state index in [1.165, 1.54) is 6.07 Å². The number of piperazine rings is 1. The average Bonchev–Trinajstić information content (AvgIpc) is 3.17. The Labute approximate surface area is 156 Å². The first-order valence-electron chi connectivity index (χ1n) is 8.77. The largest absolute Gasteiger partial charge is 0.459 e. The van der Waals surface area contributed by atoms with Gasteiger partial charge in [-0.2, -0.15) is 0 Å². The molecule has 0 aliphatic carbocycles. The molecule has 1 aliphatic heterocycles. The van der Waals surface area contributed by atoms with Gasteiger partial charge in [0.25, 0.3) is 5.69 Å². The molecule has 0 N–H and O–H groups in total. The Balaban J connectivity index is 1.40. The van der Waals surface area contributed by atoms with Crippen LogP contribution >= 0.6 is 0 Å². The van der Waals surface area contributed by atoms with E-state index in [0.29, 0.717) is 17.9 Å². The maximum Gasteiger partial charge on any atom is 0.280 e. The molecule has 0 atom stereocenters. The summed E-state index contributed by atoms with van der Waals surface area (Å²) >= 11 is 0. The molecule has 138 valence electrons. The van der Waals surface area contributed by atoms with Crippen LogP contribution in [-0.2, 0) is 6.54 Å². The van der Waals surface area contributed by atoms with Crippen LogP contribution < -0.4 is 4.90 Å². The summed E-state index contributed by atoms with van der Waals surface area (Å²) in [5.74, 6) is 2.08. The molecule has 4 rings (SSSR count). The molecule has 0 unspecified atom stereocenters. The van der Waals surface area contributed by atoms with Crippen molar-refractivity contribution in [1.29, 1.82) is 0 Å². The van der Waals surface area contributed by atoms with Gasteiger partial charge in [-0.05, 0) is 24.3 Å². The van der Waals surface area contributed by atoms with E-state index < -0.39 is 0 Å². The minimum atomic E-state index is -0.387. The summed E-state index contributed by atoms with van der Waals surface area (Å²) in [6.07, 6.45) is 3.50. The highest BCUT2D eigenvalue weighted by atomic mass is 16.6. The molecule has 1 fully saturated rings. The number of nitro benzene ring substituents is 1. The zero-order chi connectivity index (χ0) is 18.6. The predicted octanol–water partition coefficient (Wildman–Crippen LogP) is 2.97. The van der Waals surface area contributed by atoms with Gasteiger partial charge in [0.05, 0.1) is 17.0 Å². The van der Waals surface area contributed by atoms with Crippen LogP contribution in [0.5, 0.6) is 0 Å². The molecule has 27 heavy (non-hydrogen) atoms. The molecule has 3 heterocycles. The molecule has 3 aromatic rings. The normalized spacial score (nSPS) is 15.0. The van der Waals surface area contributed by atoms with Crippen molar-refractivity contribution in [2.24, 2.45) is 0 Å². The summed E-state index contributed by atoms with van der Waals surface area (Å²) in [4.78, 5) is 23.9. The Bertz CT molecular complexity index is 920. The van der Waals surface area contributed by atoms with Crippen molar-refractivity contribution < 1.29 is 9.34 Å². The van der Waals surface area contributed by atoms with Crippen molar-refractivity contribution in [3.05, 3.63) is 70.7 Å². The number of aromatic nitrogens is 2. The van der Waals surface area contributed by atoms with Gasteiger partial charge in [-0.1, -0.05) is 12.1 Å². The molecule has 8 heteroatoms. The summed E-state index contributed by atoms with van der Waals surface area (Å²) < 4.78 is 5.89. The number of anilines is 1. The van der Waals surface area contributed by atoms with E-state index in [1.54, 1.807) is 36.7 Å². The zero-order valence-electron chi connectivity index (χ0n) is 14.7. The number of hydrogen-bond acceptors (Lipinski definition) is 7. The van der Waals surface area contributed by atoms with Crippen LogP contribution in [0.25, 0.3) is 11.3 Å². The smallest absolute Gasteiger partial charge is 0.280 e. The fourth-order valence-corrected chi connectivity index (χ4v) is 3.23. The predicted molar refractivity (Wildman–Crippen MR) is 100 cm³/mol. The maximum atomic E-state index is 11.2. The van der Waals surface area contributed by atoms with Gasteiger partial charge >= 0.3 is 0 Å². The lowest BCUT2D eigenvalue weighted by Gasteiger charge is -2.34. The monoisotopic (exact) mass is 365 g/mol. The van der Waals surface area contributed by atoms with E-state index in [9.17, 15) is 10.1 Å². The molecular weight excluding hydrogens is 346 g/mol. The lowest BCUT2D eigenvalue weighted by Crippen LogP contribution is -2.46. The van der Waals surface area contributed by atoms with Crippen LogP contribution in [-0.4, -0.2) is 46.0 Å². The van der Waals surface area contributed by atoms with E-state index >= 15 is 0 Å². The van der Waals surface area contributed by atoms with Crippen molar-refractivity contribution in [1.82, 2.24) is 14.9 Å². The van der Waals surface area contributed by atoms with Gasteiger partial charge in [0, 0.05) is 44.6 Å². The van der Waals surface area contributed by atoms with E-state index in [4.69, 9.17) is 4.42 Å². The van der Waals surface area contributed by atoms with Gasteiger partial charge < -0.3 is 9.32 Å². The highest BCUT2D eigenvalue weighted by molar-refractivity contribution is 5.69. The van der Waals surface area contributed by atoms with Crippen molar-refractivity contribution >= 4 is 11.6 Å². The Morgan fingerprint density at radius 3 is 2.48 bits per heavy atom. The minimum Gasteiger partial charge on any atom is -0.459 e. The Hall–Kier alpha value is -3.26. The second-order valence-corrected chi connectivity index (χ2v) is 6.35. The SMILES string of the molecule is O=[N+]([O-])c1ccccc1-c1ccc(CN2CCN(c3ncccn3)CC2)o1. The fourth-order valence-electron chi connectivity index (χ4n) is 3.23. The van der Waals surface area contributed by atoms with Crippen LogP contribution in [0.15, 0.2) is 59.3 Å². The first-order chi connectivity index (χ1) is 13.2. The third kappa shape index (κ3) is 3.80. The number of benzene rings is 1. The third-order valence-corrected chi connectivity index (χ3v) is 4.61. The molecule has 0 amide bonds. The molecule has 1 aromatic carbocycles. The maximum absolute atomic E-state index is 11.2. The summed E-state index contributed by atoms with van der Waals surface area (Å²) in [5, 5.41) is 11.2. The van der Waals surface area contributed by atoms with Crippen molar-refractivity contribution in [2.45, 2.75) is 6.54 Å². The average molecular weight is 365 g/mol. The topological polar surface area (TPSA) is 88.5 Å². The lowest BCUT2D eigenvalue weighted by atomic mass is 10.1. The van der Waals surface area contributed by atoms with E-state index in [-0.39, 0.29) is 10.6 Å². The Morgan fingerprint density at radius 1 is 1.00 bits per heavy atom. The van der Waals surface area contributed by atoms with Gasteiger partial charge in [-0.15, -0.1) is 0 Å². The number of furan rings is 1. The van der Waals surface area contributed by atoms with Gasteiger partial charge in [-0.3, -0.25) is 15.0 Å². The zero-order valence-corrected chi connectivity index (χ0v) is 14.7. The Morgan fingerprint density at radius 2 is 1.74 bits per heavy atom. The molecule has 2 aromatic heterocycles. The van der Waals surface area contributed by atoms with Crippen LogP contribution in [0.2, 0.25) is 0 Å². The Kier molecular flexibility index (Phi) is 4.80. The quantitative estimate of drug-likeness (QED) is 0.507. The van der Waals surface area contributed by atoms with Crippen molar-refractivity contribution in [3.63, 3.8) is 0 Å². The van der Waals surface area contributed by atoms with E-state index in [2.05, 4.69) is 19.8 Å². The van der Waals surface area contributed by atoms with Crippen molar-refractivity contribution in [3.8, 4) is 11.3 Å². The summed E-state index contributed by atoms with van der Waals surface area (Å²) in [7, 11) is 0. The molecule has 1 aliphatic rings. The molecule has 1 saturated heterocycles. The molecule has 0 radical (unpaired) electrons. The van der Waals surface area contributed by atoms with Gasteiger partial charge in [0.15, 0.2) is 0 Å². The molecule has 8 nitrogen and oxygen atoms in total. The minimum absolute atomic E-state index is 0.0508. The van der Waals surface area contributed by atoms with Crippen LogP contribution in [0.4, 0.5) is 11.6 Å². The summed E-state index contributed by atoms with van der Waals surface area (Å²) in [6.45, 7) is 4.12. The van der Waals surface area contributed by atoms with Crippen molar-refractivity contribution in [2.75, 3.05) is 31.1 Å². The summed E-state index contributed by atoms with van der Waals surface area (Å²) in [5.41, 5.74) is 0.551. The van der Waals surface area contributed by atoms with Crippen LogP contribution in [0.3, 0.4) is 0 Å². The first-order valence-corrected chi connectivity index (χ1v) is 8.77. The number of nitrogens with zero attached hydrogens (tertiary/aromatic N) is 5. The molecular formula is C19H19N5O3. The second-order valence-electron chi connectivity index (χ2n) is 6.35. The lowest BCUT2D eigenvalue weighted by molar-refractivity contribution is -0.384. The van der Waals surface area contributed by atoms with Gasteiger partial charge in [0.2, 0.25) is 5.95 Å². The summed E-state index contributed by atoms with van der Waals surface area (Å²) in [6, 6.07) is 12.1. The van der Waals surface area contributed by atoms with Gasteiger partial charge in [-0.25, -0.2) is 9.97 Å². The number of para-hydroxylation sites is 1. The second kappa shape index (κ2) is 7.55. The number of hydrogen-bond donors (Lipinski definition) is 0. The standard InChI is InChI=1S/C19H19N5O3/c25-24(26)17-5-2-1-4-16(17)18-7-6-15(27-18)14-22-10-12-23(13-11-22)19-20-8-3-9-21-19/h1-9H,10-14H2. The molecule has 0 bridgehead atoms. The van der Waals surface area contributed by atoms with Gasteiger partial charge in [0.1, 0.15) is 11.5 Å². The number of nitro groups is 1. The number of rotatable bonds is 5. The highest BCUT2D eigenvalue weighted by Crippen LogP contribution is 2.31. The molecule has 0 saturated carbocycles. The van der Waals surface area contributed by atoms with E-state index in [1.807, 2.05) is 12.1 Å². The fraction of sp³-hybridized carbons (Fsp3) is 0.263. The van der Waals surface area contributed by atoms with Crippen LogP contribution in [0, 0.1) is 10.1 Å². The highest BCUT2D eigenvalue weighted by Gasteiger charge is 2.21. The van der Waals surface area contributed by atoms with Crippen LogP contribution in [0.1, 0.15) is 5.76 Å². The third-order valence-electron chi connectivity index (χ3n) is 4.61. The first kappa shape index (κ1) is 17.2. The molecule has 0 spiro atoms. The van der Waals surface area contributed by atoms with E-state index in [0.717, 1.165) is 37.9 Å².